The van der Waals surface area contributed by atoms with Crippen LogP contribution in [-0.2, 0) is 22.6 Å². The van der Waals surface area contributed by atoms with Crippen molar-refractivity contribution in [2.45, 2.75) is 38.3 Å². The summed E-state index contributed by atoms with van der Waals surface area (Å²) in [4.78, 5) is 38.4. The third-order valence-electron chi connectivity index (χ3n) is 6.20. The summed E-state index contributed by atoms with van der Waals surface area (Å²) in [7, 11) is 0. The highest BCUT2D eigenvalue weighted by atomic mass is 16.5. The van der Waals surface area contributed by atoms with Gasteiger partial charge in [-0.25, -0.2) is 0 Å². The molecule has 0 bridgehead atoms. The largest absolute Gasteiger partial charge is 0.493 e. The first-order valence-electron chi connectivity index (χ1n) is 10.4. The molecule has 5 rings (SSSR count). The van der Waals surface area contributed by atoms with Crippen LogP contribution >= 0.6 is 0 Å². The van der Waals surface area contributed by atoms with Crippen molar-refractivity contribution >= 4 is 17.5 Å². The Balaban J connectivity index is 1.29. The number of hydrogen-bond donors (Lipinski definition) is 0. The van der Waals surface area contributed by atoms with E-state index in [0.29, 0.717) is 43.9 Å². The fourth-order valence-electron chi connectivity index (χ4n) is 4.61. The summed E-state index contributed by atoms with van der Waals surface area (Å²) in [5, 5.41) is 0. The van der Waals surface area contributed by atoms with E-state index >= 15 is 0 Å². The van der Waals surface area contributed by atoms with E-state index in [-0.39, 0.29) is 29.8 Å². The van der Waals surface area contributed by atoms with E-state index in [2.05, 4.69) is 6.07 Å². The molecule has 0 spiro atoms. The van der Waals surface area contributed by atoms with Crippen molar-refractivity contribution in [3.8, 4) is 11.5 Å². The lowest BCUT2D eigenvalue weighted by Gasteiger charge is -2.29. The number of hydrogen-bond acceptors (Lipinski definition) is 5. The Kier molecular flexibility index (Phi) is 4.77. The van der Waals surface area contributed by atoms with E-state index < -0.39 is 6.04 Å². The standard InChI is InChI=1S/C24H23NO5/c26-17-8-9-20(21(27)11-17)25-12-19-18(24(25)28)5-3-7-23(19)30-14-15-10-16-4-1-2-6-22(16)29-13-15/h1-7,15,20H,8-14H2. The van der Waals surface area contributed by atoms with Crippen LogP contribution in [0.2, 0.25) is 0 Å². The molecule has 0 radical (unpaired) electrons. The minimum Gasteiger partial charge on any atom is -0.493 e. The Morgan fingerprint density at radius 3 is 2.80 bits per heavy atom. The minimum absolute atomic E-state index is 0.0410. The van der Waals surface area contributed by atoms with Gasteiger partial charge in [0.2, 0.25) is 0 Å². The topological polar surface area (TPSA) is 72.9 Å². The number of ketones is 2. The van der Waals surface area contributed by atoms with Gasteiger partial charge >= 0.3 is 0 Å². The van der Waals surface area contributed by atoms with Gasteiger partial charge in [0.15, 0.2) is 5.78 Å². The first-order valence-corrected chi connectivity index (χ1v) is 10.4. The second-order valence-corrected chi connectivity index (χ2v) is 8.25. The zero-order valence-corrected chi connectivity index (χ0v) is 16.6. The Bertz CT molecular complexity index is 1030. The maximum absolute atomic E-state index is 12.9. The molecule has 0 N–H and O–H groups in total. The molecule has 2 atom stereocenters. The van der Waals surface area contributed by atoms with Crippen LogP contribution in [-0.4, -0.2) is 41.6 Å². The van der Waals surface area contributed by atoms with Gasteiger partial charge in [0, 0.05) is 23.5 Å². The Hall–Kier alpha value is -3.15. The summed E-state index contributed by atoms with van der Waals surface area (Å²) >= 11 is 0. The van der Waals surface area contributed by atoms with E-state index in [1.807, 2.05) is 30.3 Å². The van der Waals surface area contributed by atoms with Crippen LogP contribution in [0, 0.1) is 5.92 Å². The van der Waals surface area contributed by atoms with Gasteiger partial charge in [0.05, 0.1) is 32.2 Å². The molecular weight excluding hydrogens is 382 g/mol. The van der Waals surface area contributed by atoms with E-state index in [1.54, 1.807) is 11.0 Å². The first kappa shape index (κ1) is 18.9. The summed E-state index contributed by atoms with van der Waals surface area (Å²) < 4.78 is 12.0. The maximum atomic E-state index is 12.9. The van der Waals surface area contributed by atoms with E-state index in [0.717, 1.165) is 17.7 Å². The summed E-state index contributed by atoms with van der Waals surface area (Å²) in [6.45, 7) is 1.44. The normalized spacial score (nSPS) is 23.1. The molecule has 6 heteroatoms. The van der Waals surface area contributed by atoms with Gasteiger partial charge in [-0.15, -0.1) is 0 Å². The molecule has 2 unspecified atom stereocenters. The predicted molar refractivity (Wildman–Crippen MR) is 109 cm³/mol. The molecule has 2 aliphatic heterocycles. The lowest BCUT2D eigenvalue weighted by Crippen LogP contribution is -2.44. The second kappa shape index (κ2) is 7.59. The average molecular weight is 405 g/mol. The summed E-state index contributed by atoms with van der Waals surface area (Å²) in [6.07, 6.45) is 1.58. The third kappa shape index (κ3) is 3.36. The van der Waals surface area contributed by atoms with Crippen molar-refractivity contribution in [3.05, 3.63) is 59.2 Å². The molecule has 0 saturated heterocycles. The number of para-hydroxylation sites is 1. The fourth-order valence-corrected chi connectivity index (χ4v) is 4.61. The number of rotatable bonds is 4. The zero-order chi connectivity index (χ0) is 20.7. The molecule has 2 aromatic rings. The monoisotopic (exact) mass is 405 g/mol. The number of carbonyl (C=O) groups is 3. The van der Waals surface area contributed by atoms with Gasteiger partial charge < -0.3 is 14.4 Å². The predicted octanol–water partition coefficient (Wildman–Crippen LogP) is 2.96. The van der Waals surface area contributed by atoms with Gasteiger partial charge in [-0.3, -0.25) is 14.4 Å². The third-order valence-corrected chi connectivity index (χ3v) is 6.20. The van der Waals surface area contributed by atoms with E-state index in [4.69, 9.17) is 9.47 Å². The van der Waals surface area contributed by atoms with Gasteiger partial charge in [-0.05, 0) is 36.6 Å². The van der Waals surface area contributed by atoms with Gasteiger partial charge in [0.1, 0.15) is 17.3 Å². The maximum Gasteiger partial charge on any atom is 0.255 e. The summed E-state index contributed by atoms with van der Waals surface area (Å²) in [6, 6.07) is 13.0. The molecule has 1 amide bonds. The fraction of sp³-hybridized carbons (Fsp3) is 0.375. The lowest BCUT2D eigenvalue weighted by molar-refractivity contribution is -0.133. The van der Waals surface area contributed by atoms with Crippen LogP contribution in [0.3, 0.4) is 0 Å². The molecule has 1 fully saturated rings. The van der Waals surface area contributed by atoms with Crippen molar-refractivity contribution < 1.29 is 23.9 Å². The molecular formula is C24H23NO5. The summed E-state index contributed by atoms with van der Waals surface area (Å²) in [5.74, 6) is 1.49. The molecule has 1 aliphatic carbocycles. The number of fused-ring (bicyclic) bond motifs is 2. The highest BCUT2D eigenvalue weighted by molar-refractivity contribution is 6.07. The van der Waals surface area contributed by atoms with Crippen molar-refractivity contribution in [3.63, 3.8) is 0 Å². The van der Waals surface area contributed by atoms with E-state index in [9.17, 15) is 14.4 Å². The molecule has 3 aliphatic rings. The Morgan fingerprint density at radius 1 is 1.07 bits per heavy atom. The minimum atomic E-state index is -0.515. The second-order valence-electron chi connectivity index (χ2n) is 8.25. The average Bonchev–Trinajstić information content (AvgIpc) is 3.09. The number of amides is 1. The van der Waals surface area contributed by atoms with Crippen LogP contribution in [0.15, 0.2) is 42.5 Å². The van der Waals surface area contributed by atoms with Crippen LogP contribution in [0.25, 0.3) is 0 Å². The molecule has 0 aromatic heterocycles. The SMILES string of the molecule is O=C1CCC(N2Cc3c(OCC4COc5ccccc5C4)cccc3C2=O)C(=O)C1. The van der Waals surface area contributed by atoms with Crippen molar-refractivity contribution in [1.82, 2.24) is 4.90 Å². The van der Waals surface area contributed by atoms with Crippen LogP contribution < -0.4 is 9.47 Å². The first-order chi connectivity index (χ1) is 14.6. The number of Topliss-reactive ketones (excluding diaryl/α,β-unsaturated/α-hetero) is 2. The highest BCUT2D eigenvalue weighted by Gasteiger charge is 2.40. The van der Waals surface area contributed by atoms with Gasteiger partial charge in [-0.2, -0.15) is 0 Å². The lowest BCUT2D eigenvalue weighted by atomic mass is 9.92. The van der Waals surface area contributed by atoms with Crippen molar-refractivity contribution in [2.75, 3.05) is 13.2 Å². The van der Waals surface area contributed by atoms with Crippen LogP contribution in [0.1, 0.15) is 40.7 Å². The Morgan fingerprint density at radius 2 is 1.93 bits per heavy atom. The molecule has 30 heavy (non-hydrogen) atoms. The number of nitrogens with zero attached hydrogens (tertiary/aromatic N) is 1. The molecule has 1 saturated carbocycles. The molecule has 2 heterocycles. The highest BCUT2D eigenvalue weighted by Crippen LogP contribution is 2.35. The van der Waals surface area contributed by atoms with Crippen LogP contribution in [0.4, 0.5) is 0 Å². The quantitative estimate of drug-likeness (QED) is 0.732. The smallest absolute Gasteiger partial charge is 0.255 e. The molecule has 154 valence electrons. The Labute approximate surface area is 174 Å². The van der Waals surface area contributed by atoms with Gasteiger partial charge in [-0.1, -0.05) is 24.3 Å². The van der Waals surface area contributed by atoms with Crippen molar-refractivity contribution in [1.29, 1.82) is 0 Å². The number of benzene rings is 2. The number of carbonyl (C=O) groups excluding carboxylic acids is 3. The van der Waals surface area contributed by atoms with Gasteiger partial charge in [0.25, 0.3) is 5.91 Å². The molecule has 2 aromatic carbocycles. The summed E-state index contributed by atoms with van der Waals surface area (Å²) in [5.41, 5.74) is 2.59. The number of ether oxygens (including phenoxy) is 2. The van der Waals surface area contributed by atoms with Crippen LogP contribution in [0.5, 0.6) is 11.5 Å². The van der Waals surface area contributed by atoms with E-state index in [1.165, 1.54) is 5.56 Å². The molecule has 6 nitrogen and oxygen atoms in total. The van der Waals surface area contributed by atoms with Crippen molar-refractivity contribution in [2.24, 2.45) is 5.92 Å². The zero-order valence-electron chi connectivity index (χ0n) is 16.6.